The van der Waals surface area contributed by atoms with Crippen molar-refractivity contribution in [1.29, 1.82) is 5.26 Å². The first-order valence-electron chi connectivity index (χ1n) is 6.09. The molecule has 1 aromatic heterocycles. The Kier molecular flexibility index (Phi) is 3.34. The van der Waals surface area contributed by atoms with Gasteiger partial charge in [-0.3, -0.25) is 4.68 Å². The van der Waals surface area contributed by atoms with E-state index in [2.05, 4.69) is 16.5 Å². The topological polar surface area (TPSA) is 79.7 Å². The van der Waals surface area contributed by atoms with Gasteiger partial charge >= 0.3 is 0 Å². The van der Waals surface area contributed by atoms with Crippen LogP contribution in [0.5, 0.6) is 0 Å². The summed E-state index contributed by atoms with van der Waals surface area (Å²) in [6.45, 7) is 1.85. The third kappa shape index (κ3) is 2.27. The molecule has 0 bridgehead atoms. The standard InChI is InChI=1S/C12H19N5/c1-8-9(7-13)12(17(2)16-8)15-11-6-4-3-5-10(11)14/h10-11,15H,3-6,14H2,1-2H3. The van der Waals surface area contributed by atoms with Crippen LogP contribution in [-0.2, 0) is 7.05 Å². The molecule has 1 aliphatic carbocycles. The van der Waals surface area contributed by atoms with Crippen molar-refractivity contribution in [3.8, 4) is 6.07 Å². The average molecular weight is 233 g/mol. The van der Waals surface area contributed by atoms with Gasteiger partial charge in [-0.25, -0.2) is 0 Å². The van der Waals surface area contributed by atoms with Gasteiger partial charge in [0.25, 0.3) is 0 Å². The number of hydrogen-bond acceptors (Lipinski definition) is 4. The smallest absolute Gasteiger partial charge is 0.142 e. The van der Waals surface area contributed by atoms with Crippen molar-refractivity contribution in [3.05, 3.63) is 11.3 Å². The maximum Gasteiger partial charge on any atom is 0.142 e. The van der Waals surface area contributed by atoms with E-state index in [4.69, 9.17) is 11.0 Å². The fourth-order valence-corrected chi connectivity index (χ4v) is 2.47. The summed E-state index contributed by atoms with van der Waals surface area (Å²) in [5, 5.41) is 16.8. The molecule has 0 radical (unpaired) electrons. The Balaban J connectivity index is 2.21. The second-order valence-electron chi connectivity index (χ2n) is 4.74. The van der Waals surface area contributed by atoms with Crippen LogP contribution in [0.25, 0.3) is 0 Å². The van der Waals surface area contributed by atoms with E-state index >= 15 is 0 Å². The van der Waals surface area contributed by atoms with E-state index in [1.165, 1.54) is 12.8 Å². The second kappa shape index (κ2) is 4.76. The molecule has 0 amide bonds. The molecular formula is C12H19N5. The molecule has 5 heteroatoms. The summed E-state index contributed by atoms with van der Waals surface area (Å²) in [4.78, 5) is 0. The molecule has 1 heterocycles. The van der Waals surface area contributed by atoms with Gasteiger partial charge in [0.15, 0.2) is 0 Å². The van der Waals surface area contributed by atoms with E-state index in [1.54, 1.807) is 4.68 Å². The summed E-state index contributed by atoms with van der Waals surface area (Å²) in [5.41, 5.74) is 7.50. The van der Waals surface area contributed by atoms with Crippen LogP contribution in [0.2, 0.25) is 0 Å². The monoisotopic (exact) mass is 233 g/mol. The predicted molar refractivity (Wildman–Crippen MR) is 66.5 cm³/mol. The summed E-state index contributed by atoms with van der Waals surface area (Å²) < 4.78 is 1.73. The van der Waals surface area contributed by atoms with Crippen molar-refractivity contribution in [3.63, 3.8) is 0 Å². The van der Waals surface area contributed by atoms with Crippen LogP contribution in [-0.4, -0.2) is 21.9 Å². The van der Waals surface area contributed by atoms with E-state index in [0.29, 0.717) is 5.56 Å². The summed E-state index contributed by atoms with van der Waals surface area (Å²) in [6.07, 6.45) is 4.52. The van der Waals surface area contributed by atoms with Crippen molar-refractivity contribution in [2.24, 2.45) is 12.8 Å². The number of rotatable bonds is 2. The third-order valence-corrected chi connectivity index (χ3v) is 3.48. The highest BCUT2D eigenvalue weighted by Gasteiger charge is 2.24. The van der Waals surface area contributed by atoms with Crippen LogP contribution in [0.3, 0.4) is 0 Å². The number of aromatic nitrogens is 2. The maximum atomic E-state index is 9.13. The van der Waals surface area contributed by atoms with Gasteiger partial charge in [0, 0.05) is 19.1 Å². The number of hydrogen-bond donors (Lipinski definition) is 2. The number of nitrogens with zero attached hydrogens (tertiary/aromatic N) is 3. The zero-order valence-electron chi connectivity index (χ0n) is 10.4. The molecule has 5 nitrogen and oxygen atoms in total. The third-order valence-electron chi connectivity index (χ3n) is 3.48. The highest BCUT2D eigenvalue weighted by molar-refractivity contribution is 5.55. The number of anilines is 1. The fourth-order valence-electron chi connectivity index (χ4n) is 2.47. The van der Waals surface area contributed by atoms with E-state index in [1.807, 2.05) is 14.0 Å². The van der Waals surface area contributed by atoms with Gasteiger partial charge in [0.05, 0.1) is 5.69 Å². The molecule has 0 aliphatic heterocycles. The summed E-state index contributed by atoms with van der Waals surface area (Å²) in [5.74, 6) is 0.798. The van der Waals surface area contributed by atoms with E-state index in [9.17, 15) is 0 Å². The van der Waals surface area contributed by atoms with Crippen LogP contribution >= 0.6 is 0 Å². The molecule has 2 atom stereocenters. The van der Waals surface area contributed by atoms with Crippen LogP contribution in [0.4, 0.5) is 5.82 Å². The Morgan fingerprint density at radius 1 is 1.47 bits per heavy atom. The molecule has 2 rings (SSSR count). The normalized spacial score (nSPS) is 24.4. The quantitative estimate of drug-likeness (QED) is 0.806. The SMILES string of the molecule is Cc1nn(C)c(NC2CCCCC2N)c1C#N. The molecule has 3 N–H and O–H groups in total. The number of nitrogens with one attached hydrogen (secondary N) is 1. The van der Waals surface area contributed by atoms with Crippen LogP contribution in [0.15, 0.2) is 0 Å². The van der Waals surface area contributed by atoms with Crippen molar-refractivity contribution in [2.45, 2.75) is 44.7 Å². The van der Waals surface area contributed by atoms with E-state index in [0.717, 1.165) is 24.4 Å². The Hall–Kier alpha value is -1.54. The van der Waals surface area contributed by atoms with Gasteiger partial charge < -0.3 is 11.1 Å². The number of aryl methyl sites for hydroxylation is 2. The predicted octanol–water partition coefficient (Wildman–Crippen LogP) is 1.28. The lowest BCUT2D eigenvalue weighted by atomic mass is 9.91. The molecule has 1 aliphatic rings. The van der Waals surface area contributed by atoms with Gasteiger partial charge in [0.2, 0.25) is 0 Å². The Morgan fingerprint density at radius 3 is 2.82 bits per heavy atom. The van der Waals surface area contributed by atoms with Gasteiger partial charge in [-0.15, -0.1) is 0 Å². The maximum absolute atomic E-state index is 9.13. The molecule has 0 saturated heterocycles. The highest BCUT2D eigenvalue weighted by Crippen LogP contribution is 2.24. The van der Waals surface area contributed by atoms with Gasteiger partial charge in [-0.05, 0) is 19.8 Å². The lowest BCUT2D eigenvalue weighted by Crippen LogP contribution is -2.43. The Morgan fingerprint density at radius 2 is 2.18 bits per heavy atom. The Labute approximate surface area is 102 Å². The fraction of sp³-hybridized carbons (Fsp3) is 0.667. The zero-order valence-corrected chi connectivity index (χ0v) is 10.4. The van der Waals surface area contributed by atoms with Crippen molar-refractivity contribution >= 4 is 5.82 Å². The van der Waals surface area contributed by atoms with Crippen LogP contribution < -0.4 is 11.1 Å². The number of nitriles is 1. The molecule has 1 saturated carbocycles. The number of nitrogens with two attached hydrogens (primary N) is 1. The summed E-state index contributed by atoms with van der Waals surface area (Å²) >= 11 is 0. The minimum Gasteiger partial charge on any atom is -0.365 e. The van der Waals surface area contributed by atoms with Crippen molar-refractivity contribution < 1.29 is 0 Å². The molecule has 1 aromatic rings. The Bertz CT molecular complexity index is 442. The largest absolute Gasteiger partial charge is 0.365 e. The van der Waals surface area contributed by atoms with Crippen molar-refractivity contribution in [1.82, 2.24) is 9.78 Å². The van der Waals surface area contributed by atoms with Gasteiger partial charge in [-0.2, -0.15) is 10.4 Å². The van der Waals surface area contributed by atoms with Gasteiger partial charge in [0.1, 0.15) is 17.5 Å². The lowest BCUT2D eigenvalue weighted by Gasteiger charge is -2.30. The summed E-state index contributed by atoms with van der Waals surface area (Å²) in [6, 6.07) is 2.63. The van der Waals surface area contributed by atoms with E-state index < -0.39 is 0 Å². The van der Waals surface area contributed by atoms with Crippen LogP contribution in [0.1, 0.15) is 36.9 Å². The second-order valence-corrected chi connectivity index (χ2v) is 4.74. The molecule has 92 valence electrons. The average Bonchev–Trinajstić information content (AvgIpc) is 2.56. The lowest BCUT2D eigenvalue weighted by molar-refractivity contribution is 0.402. The molecular weight excluding hydrogens is 214 g/mol. The molecule has 17 heavy (non-hydrogen) atoms. The van der Waals surface area contributed by atoms with Gasteiger partial charge in [-0.1, -0.05) is 12.8 Å². The first-order valence-corrected chi connectivity index (χ1v) is 6.09. The molecule has 0 spiro atoms. The molecule has 1 fully saturated rings. The molecule has 0 aromatic carbocycles. The van der Waals surface area contributed by atoms with E-state index in [-0.39, 0.29) is 12.1 Å². The zero-order chi connectivity index (χ0) is 12.4. The first kappa shape index (κ1) is 11.9. The minimum absolute atomic E-state index is 0.172. The van der Waals surface area contributed by atoms with Crippen molar-refractivity contribution in [2.75, 3.05) is 5.32 Å². The molecule has 2 unspecified atom stereocenters. The van der Waals surface area contributed by atoms with Crippen LogP contribution in [0, 0.1) is 18.3 Å². The summed E-state index contributed by atoms with van der Waals surface area (Å²) in [7, 11) is 1.85. The first-order chi connectivity index (χ1) is 8.13. The highest BCUT2D eigenvalue weighted by atomic mass is 15.3. The minimum atomic E-state index is 0.172.